The average molecular weight is 295 g/mol. The van der Waals surface area contributed by atoms with Crippen LogP contribution in [0.2, 0.25) is 0 Å². The van der Waals surface area contributed by atoms with Crippen LogP contribution in [-0.2, 0) is 9.59 Å². The summed E-state index contributed by atoms with van der Waals surface area (Å²) in [6.45, 7) is 0.337. The van der Waals surface area contributed by atoms with Crippen molar-refractivity contribution in [1.82, 2.24) is 15.1 Å². The molecule has 0 radical (unpaired) electrons. The maximum Gasteiger partial charge on any atom is 0.244 e. The van der Waals surface area contributed by atoms with Gasteiger partial charge in [0.1, 0.15) is 11.9 Å². The van der Waals surface area contributed by atoms with E-state index in [2.05, 4.69) is 5.32 Å². The van der Waals surface area contributed by atoms with Crippen molar-refractivity contribution in [3.05, 3.63) is 35.6 Å². The van der Waals surface area contributed by atoms with Gasteiger partial charge in [-0.05, 0) is 31.8 Å². The van der Waals surface area contributed by atoms with Gasteiger partial charge in [-0.2, -0.15) is 0 Å². The van der Waals surface area contributed by atoms with Crippen LogP contribution in [0.4, 0.5) is 4.39 Å². The maximum atomic E-state index is 13.0. The highest BCUT2D eigenvalue weighted by atomic mass is 19.1. The van der Waals surface area contributed by atoms with E-state index in [1.807, 2.05) is 0 Å². The van der Waals surface area contributed by atoms with Gasteiger partial charge in [-0.25, -0.2) is 4.39 Å². The Morgan fingerprint density at radius 3 is 2.24 bits per heavy atom. The topological polar surface area (TPSA) is 52.7 Å². The number of nitrogens with zero attached hydrogens (tertiary/aromatic N) is 2. The normalized spacial score (nSPS) is 12.1. The van der Waals surface area contributed by atoms with Crippen molar-refractivity contribution in [1.29, 1.82) is 0 Å². The third kappa shape index (κ3) is 4.82. The standard InChI is InChI=1S/C15H22FN3O2/c1-17-13(20)9-10-19(4)15(21)14(18(2)3)11-5-7-12(16)8-6-11/h5-8,14H,9-10H2,1-4H3,(H,17,20). The third-order valence-electron chi connectivity index (χ3n) is 3.27. The summed E-state index contributed by atoms with van der Waals surface area (Å²) < 4.78 is 13.0. The summed E-state index contributed by atoms with van der Waals surface area (Å²) >= 11 is 0. The summed E-state index contributed by atoms with van der Waals surface area (Å²) in [5, 5.41) is 2.52. The summed E-state index contributed by atoms with van der Waals surface area (Å²) in [6, 6.07) is 5.38. The van der Waals surface area contributed by atoms with Gasteiger partial charge in [0, 0.05) is 27.1 Å². The number of rotatable bonds is 6. The van der Waals surface area contributed by atoms with Gasteiger partial charge in [0.2, 0.25) is 11.8 Å². The van der Waals surface area contributed by atoms with E-state index in [1.54, 1.807) is 45.2 Å². The van der Waals surface area contributed by atoms with Crippen LogP contribution >= 0.6 is 0 Å². The van der Waals surface area contributed by atoms with Crippen LogP contribution in [-0.4, -0.2) is 56.3 Å². The highest BCUT2D eigenvalue weighted by Gasteiger charge is 2.26. The second-order valence-electron chi connectivity index (χ2n) is 5.10. The van der Waals surface area contributed by atoms with Crippen molar-refractivity contribution in [3.8, 4) is 0 Å². The molecule has 6 heteroatoms. The fourth-order valence-electron chi connectivity index (χ4n) is 2.02. The molecule has 0 heterocycles. The van der Waals surface area contributed by atoms with Crippen LogP contribution < -0.4 is 5.32 Å². The summed E-state index contributed by atoms with van der Waals surface area (Å²) in [5.74, 6) is -0.579. The summed E-state index contributed by atoms with van der Waals surface area (Å²) in [5.41, 5.74) is 0.721. The minimum atomic E-state index is -0.500. The molecular weight excluding hydrogens is 273 g/mol. The molecular formula is C15H22FN3O2. The van der Waals surface area contributed by atoms with Crippen LogP contribution in [0.1, 0.15) is 18.0 Å². The Morgan fingerprint density at radius 1 is 1.19 bits per heavy atom. The molecule has 5 nitrogen and oxygen atoms in total. The number of nitrogens with one attached hydrogen (secondary N) is 1. The Hall–Kier alpha value is -1.95. The second-order valence-corrected chi connectivity index (χ2v) is 5.10. The number of hydrogen-bond acceptors (Lipinski definition) is 3. The Kier molecular flexibility index (Phi) is 6.30. The molecule has 1 aromatic rings. The van der Waals surface area contributed by atoms with E-state index in [0.29, 0.717) is 6.54 Å². The van der Waals surface area contributed by atoms with E-state index in [9.17, 15) is 14.0 Å². The largest absolute Gasteiger partial charge is 0.359 e. The van der Waals surface area contributed by atoms with Gasteiger partial charge in [-0.1, -0.05) is 12.1 Å². The summed E-state index contributed by atoms with van der Waals surface area (Å²) in [6.07, 6.45) is 0.252. The predicted molar refractivity (Wildman–Crippen MR) is 79.1 cm³/mol. The van der Waals surface area contributed by atoms with Crippen molar-refractivity contribution < 1.29 is 14.0 Å². The molecule has 1 N–H and O–H groups in total. The molecule has 1 unspecified atom stereocenters. The molecule has 0 fully saturated rings. The van der Waals surface area contributed by atoms with E-state index in [1.165, 1.54) is 17.0 Å². The maximum absolute atomic E-state index is 13.0. The molecule has 0 aliphatic rings. The Bertz CT molecular complexity index is 488. The number of hydrogen-bond donors (Lipinski definition) is 1. The molecule has 0 bridgehead atoms. The molecule has 0 saturated carbocycles. The predicted octanol–water partition coefficient (Wildman–Crippen LogP) is 1.02. The van der Waals surface area contributed by atoms with E-state index in [-0.39, 0.29) is 24.1 Å². The highest BCUT2D eigenvalue weighted by Crippen LogP contribution is 2.21. The number of benzene rings is 1. The third-order valence-corrected chi connectivity index (χ3v) is 3.27. The zero-order chi connectivity index (χ0) is 16.0. The molecule has 0 saturated heterocycles. The molecule has 0 aromatic heterocycles. The fraction of sp³-hybridized carbons (Fsp3) is 0.467. The van der Waals surface area contributed by atoms with Gasteiger partial charge in [-0.15, -0.1) is 0 Å². The molecule has 21 heavy (non-hydrogen) atoms. The minimum Gasteiger partial charge on any atom is -0.359 e. The van der Waals surface area contributed by atoms with Gasteiger partial charge in [0.25, 0.3) is 0 Å². The number of carbonyl (C=O) groups is 2. The lowest BCUT2D eigenvalue weighted by molar-refractivity contribution is -0.135. The van der Waals surface area contributed by atoms with Crippen molar-refractivity contribution in [2.75, 3.05) is 34.7 Å². The summed E-state index contributed by atoms with van der Waals surface area (Å²) in [4.78, 5) is 27.1. The Balaban J connectivity index is 2.82. The quantitative estimate of drug-likeness (QED) is 0.852. The molecule has 0 spiro atoms. The van der Waals surface area contributed by atoms with Crippen molar-refractivity contribution in [2.24, 2.45) is 0 Å². The molecule has 1 aromatic carbocycles. The van der Waals surface area contributed by atoms with Gasteiger partial charge in [0.05, 0.1) is 0 Å². The molecule has 0 aliphatic heterocycles. The van der Waals surface area contributed by atoms with Gasteiger partial charge in [-0.3, -0.25) is 14.5 Å². The lowest BCUT2D eigenvalue weighted by atomic mass is 10.0. The van der Waals surface area contributed by atoms with Gasteiger partial charge >= 0.3 is 0 Å². The zero-order valence-corrected chi connectivity index (χ0v) is 12.9. The highest BCUT2D eigenvalue weighted by molar-refractivity contribution is 5.84. The van der Waals surface area contributed by atoms with Crippen molar-refractivity contribution >= 4 is 11.8 Å². The first-order chi connectivity index (χ1) is 9.86. The fourth-order valence-corrected chi connectivity index (χ4v) is 2.02. The molecule has 0 aliphatic carbocycles. The molecule has 116 valence electrons. The van der Waals surface area contributed by atoms with E-state index in [0.717, 1.165) is 5.56 Å². The van der Waals surface area contributed by atoms with Crippen LogP contribution in [0, 0.1) is 5.82 Å². The van der Waals surface area contributed by atoms with Gasteiger partial charge < -0.3 is 10.2 Å². The molecule has 2 amide bonds. The zero-order valence-electron chi connectivity index (χ0n) is 12.9. The van der Waals surface area contributed by atoms with Crippen LogP contribution in [0.3, 0.4) is 0 Å². The first-order valence-corrected chi connectivity index (χ1v) is 6.74. The first kappa shape index (κ1) is 17.1. The number of carbonyl (C=O) groups excluding carboxylic acids is 2. The van der Waals surface area contributed by atoms with Crippen LogP contribution in [0.15, 0.2) is 24.3 Å². The molecule has 1 rings (SSSR count). The van der Waals surface area contributed by atoms with Crippen LogP contribution in [0.25, 0.3) is 0 Å². The van der Waals surface area contributed by atoms with Gasteiger partial charge in [0.15, 0.2) is 0 Å². The monoisotopic (exact) mass is 295 g/mol. The SMILES string of the molecule is CNC(=O)CCN(C)C(=O)C(c1ccc(F)cc1)N(C)C. The van der Waals surface area contributed by atoms with E-state index >= 15 is 0 Å². The average Bonchev–Trinajstić information content (AvgIpc) is 2.46. The Morgan fingerprint density at radius 2 is 1.76 bits per heavy atom. The van der Waals surface area contributed by atoms with E-state index < -0.39 is 6.04 Å². The Labute approximate surface area is 124 Å². The summed E-state index contributed by atoms with van der Waals surface area (Å²) in [7, 11) is 6.80. The smallest absolute Gasteiger partial charge is 0.244 e. The van der Waals surface area contributed by atoms with E-state index in [4.69, 9.17) is 0 Å². The lowest BCUT2D eigenvalue weighted by Gasteiger charge is -2.28. The van der Waals surface area contributed by atoms with Crippen molar-refractivity contribution in [2.45, 2.75) is 12.5 Å². The lowest BCUT2D eigenvalue weighted by Crippen LogP contribution is -2.39. The number of halogens is 1. The number of likely N-dealkylation sites (N-methyl/N-ethyl adjacent to an activating group) is 2. The molecule has 1 atom stereocenters. The van der Waals surface area contributed by atoms with Crippen molar-refractivity contribution in [3.63, 3.8) is 0 Å². The minimum absolute atomic E-state index is 0.113. The first-order valence-electron chi connectivity index (χ1n) is 6.74. The van der Waals surface area contributed by atoms with Crippen LogP contribution in [0.5, 0.6) is 0 Å². The second kappa shape index (κ2) is 7.73. The number of amides is 2.